The molecule has 6 heteroatoms. The van der Waals surface area contributed by atoms with Gasteiger partial charge in [-0.15, -0.1) is 0 Å². The minimum Gasteiger partial charge on any atom is -0.478 e. The lowest BCUT2D eigenvalue weighted by molar-refractivity contribution is 0.0694. The molecule has 0 saturated heterocycles. The number of aryl methyl sites for hydroxylation is 2. The number of carboxylic acid groups (broad SMARTS) is 1. The summed E-state index contributed by atoms with van der Waals surface area (Å²) in [5, 5.41) is 13.6. The summed E-state index contributed by atoms with van der Waals surface area (Å²) in [4.78, 5) is 11.1. The number of carboxylic acids is 1. The smallest absolute Gasteiger partial charge is 0.339 e. The summed E-state index contributed by atoms with van der Waals surface area (Å²) >= 11 is 5.84. The van der Waals surface area contributed by atoms with Crippen LogP contribution in [-0.2, 0) is 7.05 Å². The molecule has 0 aliphatic carbocycles. The number of ether oxygens (including phenoxy) is 1. The van der Waals surface area contributed by atoms with E-state index in [-0.39, 0.29) is 11.3 Å². The van der Waals surface area contributed by atoms with Crippen LogP contribution in [0.4, 0.5) is 0 Å². The molecule has 1 heterocycles. The van der Waals surface area contributed by atoms with Crippen LogP contribution < -0.4 is 4.74 Å². The minimum atomic E-state index is -1.07. The van der Waals surface area contributed by atoms with Gasteiger partial charge in [-0.05, 0) is 19.1 Å². The molecule has 0 fully saturated rings. The zero-order valence-corrected chi connectivity index (χ0v) is 10.6. The second kappa shape index (κ2) is 4.70. The molecule has 1 aromatic carbocycles. The van der Waals surface area contributed by atoms with Gasteiger partial charge in [0.1, 0.15) is 11.3 Å². The van der Waals surface area contributed by atoms with E-state index in [2.05, 4.69) is 5.10 Å². The predicted octanol–water partition coefficient (Wildman–Crippen LogP) is 2.87. The molecule has 0 radical (unpaired) electrons. The molecule has 2 aromatic rings. The fraction of sp³-hybridized carbons (Fsp3) is 0.167. The third-order valence-electron chi connectivity index (χ3n) is 2.35. The second-order valence-electron chi connectivity index (χ2n) is 3.80. The van der Waals surface area contributed by atoms with E-state index >= 15 is 0 Å². The summed E-state index contributed by atoms with van der Waals surface area (Å²) in [5.74, 6) is -0.421. The standard InChI is InChI=1S/C12H11ClN2O3/c1-7-5-11(15(2)14-7)18-10-6-8(13)3-4-9(10)12(16)17/h3-6H,1-2H3,(H,16,17). The van der Waals surface area contributed by atoms with E-state index in [0.717, 1.165) is 5.69 Å². The molecule has 1 aromatic heterocycles. The first-order valence-electron chi connectivity index (χ1n) is 5.18. The molecule has 0 aliphatic heterocycles. The van der Waals surface area contributed by atoms with Crippen LogP contribution in [0.3, 0.4) is 0 Å². The summed E-state index contributed by atoms with van der Waals surface area (Å²) in [6, 6.07) is 6.09. The fourth-order valence-corrected chi connectivity index (χ4v) is 1.71. The summed E-state index contributed by atoms with van der Waals surface area (Å²) in [6.07, 6.45) is 0. The first-order valence-corrected chi connectivity index (χ1v) is 5.56. The van der Waals surface area contributed by atoms with E-state index in [1.807, 2.05) is 6.92 Å². The number of aromatic nitrogens is 2. The topological polar surface area (TPSA) is 64.3 Å². The average Bonchev–Trinajstić information content (AvgIpc) is 2.57. The van der Waals surface area contributed by atoms with Crippen LogP contribution >= 0.6 is 11.6 Å². The van der Waals surface area contributed by atoms with Gasteiger partial charge in [0.15, 0.2) is 0 Å². The van der Waals surface area contributed by atoms with Gasteiger partial charge in [-0.1, -0.05) is 11.6 Å². The maximum atomic E-state index is 11.1. The number of rotatable bonds is 3. The van der Waals surface area contributed by atoms with Crippen LogP contribution in [0.25, 0.3) is 0 Å². The number of hydrogen-bond acceptors (Lipinski definition) is 3. The molecule has 0 spiro atoms. The van der Waals surface area contributed by atoms with Gasteiger partial charge in [-0.25, -0.2) is 9.48 Å². The van der Waals surface area contributed by atoms with Crippen molar-refractivity contribution in [3.63, 3.8) is 0 Å². The number of halogens is 1. The monoisotopic (exact) mass is 266 g/mol. The zero-order valence-electron chi connectivity index (χ0n) is 9.85. The molecule has 94 valence electrons. The van der Waals surface area contributed by atoms with Crippen molar-refractivity contribution >= 4 is 17.6 Å². The summed E-state index contributed by atoms with van der Waals surface area (Å²) < 4.78 is 7.07. The Hall–Kier alpha value is -2.01. The number of benzene rings is 1. The molecule has 18 heavy (non-hydrogen) atoms. The molecular weight excluding hydrogens is 256 g/mol. The summed E-state index contributed by atoms with van der Waals surface area (Å²) in [7, 11) is 1.72. The molecule has 0 amide bonds. The highest BCUT2D eigenvalue weighted by Gasteiger charge is 2.14. The van der Waals surface area contributed by atoms with Crippen molar-refractivity contribution in [1.29, 1.82) is 0 Å². The van der Waals surface area contributed by atoms with E-state index in [1.165, 1.54) is 22.9 Å². The Bertz CT molecular complexity index is 607. The van der Waals surface area contributed by atoms with Gasteiger partial charge >= 0.3 is 5.97 Å². The Balaban J connectivity index is 2.42. The molecule has 0 bridgehead atoms. The number of carbonyl (C=O) groups is 1. The summed E-state index contributed by atoms with van der Waals surface area (Å²) in [5.41, 5.74) is 0.838. The van der Waals surface area contributed by atoms with Crippen molar-refractivity contribution in [1.82, 2.24) is 9.78 Å². The molecule has 2 rings (SSSR count). The van der Waals surface area contributed by atoms with E-state index < -0.39 is 5.97 Å². The quantitative estimate of drug-likeness (QED) is 0.928. The van der Waals surface area contributed by atoms with Crippen LogP contribution in [0.5, 0.6) is 11.6 Å². The van der Waals surface area contributed by atoms with E-state index in [1.54, 1.807) is 13.1 Å². The van der Waals surface area contributed by atoms with Crippen molar-refractivity contribution in [3.05, 3.63) is 40.5 Å². The molecule has 1 N–H and O–H groups in total. The fourth-order valence-electron chi connectivity index (χ4n) is 1.55. The van der Waals surface area contributed by atoms with Gasteiger partial charge in [0.05, 0.1) is 5.69 Å². The van der Waals surface area contributed by atoms with E-state index in [9.17, 15) is 4.79 Å². The number of hydrogen-bond donors (Lipinski definition) is 1. The zero-order chi connectivity index (χ0) is 13.3. The molecule has 0 saturated carbocycles. The van der Waals surface area contributed by atoms with Crippen molar-refractivity contribution in [3.8, 4) is 11.6 Å². The SMILES string of the molecule is Cc1cc(Oc2cc(Cl)ccc2C(=O)O)n(C)n1. The lowest BCUT2D eigenvalue weighted by Gasteiger charge is -2.08. The first-order chi connectivity index (χ1) is 8.47. The van der Waals surface area contributed by atoms with Crippen molar-refractivity contribution < 1.29 is 14.6 Å². The van der Waals surface area contributed by atoms with Gasteiger partial charge in [0.25, 0.3) is 0 Å². The van der Waals surface area contributed by atoms with E-state index in [4.69, 9.17) is 21.4 Å². The Kier molecular flexibility index (Phi) is 3.25. The lowest BCUT2D eigenvalue weighted by atomic mass is 10.2. The highest BCUT2D eigenvalue weighted by molar-refractivity contribution is 6.30. The van der Waals surface area contributed by atoms with Crippen LogP contribution in [0.2, 0.25) is 5.02 Å². The highest BCUT2D eigenvalue weighted by atomic mass is 35.5. The number of aromatic carboxylic acids is 1. The van der Waals surface area contributed by atoms with Crippen molar-refractivity contribution in [2.24, 2.45) is 7.05 Å². The predicted molar refractivity (Wildman–Crippen MR) is 66.4 cm³/mol. The van der Waals surface area contributed by atoms with Gasteiger partial charge in [-0.2, -0.15) is 5.10 Å². The number of nitrogens with zero attached hydrogens (tertiary/aromatic N) is 2. The lowest BCUT2D eigenvalue weighted by Crippen LogP contribution is -2.02. The third kappa shape index (κ3) is 2.46. The van der Waals surface area contributed by atoms with Gasteiger partial charge in [-0.3, -0.25) is 0 Å². The maximum absolute atomic E-state index is 11.1. The maximum Gasteiger partial charge on any atom is 0.339 e. The van der Waals surface area contributed by atoms with Crippen molar-refractivity contribution in [2.45, 2.75) is 6.92 Å². The van der Waals surface area contributed by atoms with Crippen LogP contribution in [0.15, 0.2) is 24.3 Å². The van der Waals surface area contributed by atoms with Crippen LogP contribution in [0, 0.1) is 6.92 Å². The molecule has 5 nitrogen and oxygen atoms in total. The minimum absolute atomic E-state index is 0.0539. The van der Waals surface area contributed by atoms with Crippen LogP contribution in [-0.4, -0.2) is 20.9 Å². The average molecular weight is 267 g/mol. The Labute approximate surface area is 109 Å². The van der Waals surface area contributed by atoms with Crippen LogP contribution in [0.1, 0.15) is 16.1 Å². The molecule has 0 unspecified atom stereocenters. The van der Waals surface area contributed by atoms with E-state index in [0.29, 0.717) is 10.9 Å². The molecule has 0 atom stereocenters. The first kappa shape index (κ1) is 12.4. The normalized spacial score (nSPS) is 10.4. The molecule has 0 aliphatic rings. The van der Waals surface area contributed by atoms with Gasteiger partial charge < -0.3 is 9.84 Å². The Morgan fingerprint density at radius 1 is 1.44 bits per heavy atom. The Morgan fingerprint density at radius 3 is 2.72 bits per heavy atom. The Morgan fingerprint density at radius 2 is 2.17 bits per heavy atom. The summed E-state index contributed by atoms with van der Waals surface area (Å²) in [6.45, 7) is 1.82. The third-order valence-corrected chi connectivity index (χ3v) is 2.58. The van der Waals surface area contributed by atoms with Crippen molar-refractivity contribution in [2.75, 3.05) is 0 Å². The highest BCUT2D eigenvalue weighted by Crippen LogP contribution is 2.28. The van der Waals surface area contributed by atoms with Gasteiger partial charge in [0.2, 0.25) is 5.88 Å². The van der Waals surface area contributed by atoms with Gasteiger partial charge in [0, 0.05) is 24.2 Å². The largest absolute Gasteiger partial charge is 0.478 e. The second-order valence-corrected chi connectivity index (χ2v) is 4.23. The molecular formula is C12H11ClN2O3.